The summed E-state index contributed by atoms with van der Waals surface area (Å²) < 4.78 is 11.2. The van der Waals surface area contributed by atoms with Crippen LogP contribution in [-0.2, 0) is 17.9 Å². The molecule has 3 aromatic rings. The fraction of sp³-hybridized carbons (Fsp3) is 0.304. The Hall–Kier alpha value is -3.12. The summed E-state index contributed by atoms with van der Waals surface area (Å²) in [5.41, 5.74) is 4.07. The molecule has 1 N–H and O–H groups in total. The highest BCUT2D eigenvalue weighted by atomic mass is 16.5. The highest BCUT2D eigenvalue weighted by molar-refractivity contribution is 5.73. The molecule has 1 aromatic heterocycles. The van der Waals surface area contributed by atoms with Crippen molar-refractivity contribution in [3.63, 3.8) is 0 Å². The topological polar surface area (TPSA) is 75.8 Å². The molecule has 4 rings (SSSR count). The number of likely N-dealkylation sites (tertiary alicyclic amines) is 1. The lowest BCUT2D eigenvalue weighted by atomic mass is 10.1. The first-order valence-electron chi connectivity index (χ1n) is 9.80. The Morgan fingerprint density at radius 3 is 2.79 bits per heavy atom. The fourth-order valence-corrected chi connectivity index (χ4v) is 3.74. The summed E-state index contributed by atoms with van der Waals surface area (Å²) in [6.45, 7) is 3.80. The van der Waals surface area contributed by atoms with Crippen molar-refractivity contribution in [3.8, 4) is 17.0 Å². The quantitative estimate of drug-likeness (QED) is 0.647. The van der Waals surface area contributed by atoms with E-state index < -0.39 is 5.97 Å². The molecular weight excluding hydrogens is 368 g/mol. The third-order valence-electron chi connectivity index (χ3n) is 5.32. The van der Waals surface area contributed by atoms with Gasteiger partial charge in [-0.2, -0.15) is 0 Å². The molecule has 29 heavy (non-hydrogen) atoms. The van der Waals surface area contributed by atoms with Gasteiger partial charge in [-0.25, -0.2) is 0 Å². The molecule has 1 fully saturated rings. The Bertz CT molecular complexity index is 981. The van der Waals surface area contributed by atoms with E-state index in [0.717, 1.165) is 47.5 Å². The molecule has 0 amide bonds. The Balaban J connectivity index is 1.34. The normalized spacial score (nSPS) is 16.8. The number of hydrogen-bond acceptors (Lipinski definition) is 5. The zero-order valence-electron chi connectivity index (χ0n) is 16.4. The number of hydrogen-bond donors (Lipinski definition) is 1. The van der Waals surface area contributed by atoms with E-state index in [1.807, 2.05) is 66.4 Å². The van der Waals surface area contributed by atoms with Gasteiger partial charge < -0.3 is 14.4 Å². The highest BCUT2D eigenvalue weighted by Gasteiger charge is 2.30. The zero-order chi connectivity index (χ0) is 20.2. The molecule has 0 unspecified atom stereocenters. The second kappa shape index (κ2) is 8.49. The molecule has 1 saturated heterocycles. The van der Waals surface area contributed by atoms with Crippen molar-refractivity contribution in [3.05, 3.63) is 71.5 Å². The van der Waals surface area contributed by atoms with Crippen molar-refractivity contribution >= 4 is 5.97 Å². The number of aliphatic carboxylic acids is 1. The lowest BCUT2D eigenvalue weighted by molar-refractivity contribution is -0.142. The number of ether oxygens (including phenoxy) is 1. The second-order valence-corrected chi connectivity index (χ2v) is 7.39. The van der Waals surface area contributed by atoms with Gasteiger partial charge in [0.2, 0.25) is 0 Å². The van der Waals surface area contributed by atoms with E-state index in [4.69, 9.17) is 9.26 Å². The molecule has 1 aliphatic heterocycles. The number of rotatable bonds is 7. The van der Waals surface area contributed by atoms with Crippen LogP contribution in [0.25, 0.3) is 11.3 Å². The van der Waals surface area contributed by atoms with Gasteiger partial charge in [-0.15, -0.1) is 0 Å². The summed E-state index contributed by atoms with van der Waals surface area (Å²) >= 11 is 0. The number of carboxylic acids is 1. The molecule has 0 saturated carbocycles. The number of carboxylic acid groups (broad SMARTS) is 1. The monoisotopic (exact) mass is 392 g/mol. The van der Waals surface area contributed by atoms with Crippen LogP contribution in [0.15, 0.2) is 59.1 Å². The van der Waals surface area contributed by atoms with Crippen molar-refractivity contribution < 1.29 is 19.2 Å². The summed E-state index contributed by atoms with van der Waals surface area (Å²) in [7, 11) is 0. The first kappa shape index (κ1) is 19.2. The maximum Gasteiger partial charge on any atom is 0.320 e. The number of nitrogens with zero attached hydrogens (tertiary/aromatic N) is 2. The van der Waals surface area contributed by atoms with Gasteiger partial charge in [0.05, 0.1) is 0 Å². The lowest BCUT2D eigenvalue weighted by Gasteiger charge is -2.21. The Labute approximate surface area is 169 Å². The zero-order valence-corrected chi connectivity index (χ0v) is 16.4. The molecule has 6 nitrogen and oxygen atoms in total. The van der Waals surface area contributed by atoms with Crippen LogP contribution in [0.2, 0.25) is 0 Å². The van der Waals surface area contributed by atoms with E-state index in [-0.39, 0.29) is 6.04 Å². The standard InChI is InChI=1S/C23H24N2O4/c1-16-5-2-3-6-20(16)21-13-19(29-24-21)15-28-18-10-8-17(9-11-18)14-25-12-4-7-22(25)23(26)27/h2-3,5-6,8-11,13,22H,4,7,12,14-15H2,1H3,(H,26,27)/t22-/m0/s1. The Kier molecular flexibility index (Phi) is 5.62. The van der Waals surface area contributed by atoms with Crippen LogP contribution in [0.3, 0.4) is 0 Å². The molecule has 0 radical (unpaired) electrons. The molecule has 1 atom stereocenters. The maximum absolute atomic E-state index is 11.3. The summed E-state index contributed by atoms with van der Waals surface area (Å²) in [5, 5.41) is 13.4. The minimum Gasteiger partial charge on any atom is -0.486 e. The van der Waals surface area contributed by atoms with E-state index in [9.17, 15) is 9.90 Å². The van der Waals surface area contributed by atoms with Crippen LogP contribution < -0.4 is 4.74 Å². The second-order valence-electron chi connectivity index (χ2n) is 7.39. The van der Waals surface area contributed by atoms with Crippen LogP contribution >= 0.6 is 0 Å². The fourth-order valence-electron chi connectivity index (χ4n) is 3.74. The highest BCUT2D eigenvalue weighted by Crippen LogP contribution is 2.24. The molecule has 150 valence electrons. The molecule has 6 heteroatoms. The maximum atomic E-state index is 11.3. The number of carbonyl (C=O) groups is 1. The third-order valence-corrected chi connectivity index (χ3v) is 5.32. The number of aryl methyl sites for hydroxylation is 1. The van der Waals surface area contributed by atoms with Gasteiger partial charge in [-0.1, -0.05) is 41.6 Å². The van der Waals surface area contributed by atoms with E-state index >= 15 is 0 Å². The van der Waals surface area contributed by atoms with E-state index in [0.29, 0.717) is 18.9 Å². The molecule has 0 spiro atoms. The summed E-state index contributed by atoms with van der Waals surface area (Å²) in [5.74, 6) is 0.659. The van der Waals surface area contributed by atoms with Gasteiger partial charge in [-0.05, 0) is 49.6 Å². The largest absolute Gasteiger partial charge is 0.486 e. The van der Waals surface area contributed by atoms with Crippen LogP contribution in [0.5, 0.6) is 5.75 Å². The Morgan fingerprint density at radius 1 is 1.24 bits per heavy atom. The molecular formula is C23H24N2O4. The molecule has 2 aromatic carbocycles. The smallest absolute Gasteiger partial charge is 0.320 e. The first-order chi connectivity index (χ1) is 14.1. The predicted molar refractivity (Wildman–Crippen MR) is 109 cm³/mol. The van der Waals surface area contributed by atoms with E-state index in [2.05, 4.69) is 5.16 Å². The number of aromatic nitrogens is 1. The van der Waals surface area contributed by atoms with E-state index in [1.165, 1.54) is 0 Å². The van der Waals surface area contributed by atoms with Crippen LogP contribution in [0.1, 0.15) is 29.7 Å². The van der Waals surface area contributed by atoms with E-state index in [1.54, 1.807) is 0 Å². The molecule has 0 bridgehead atoms. The van der Waals surface area contributed by atoms with Crippen molar-refractivity contribution in [1.29, 1.82) is 0 Å². The van der Waals surface area contributed by atoms with Crippen molar-refractivity contribution in [2.24, 2.45) is 0 Å². The summed E-state index contributed by atoms with van der Waals surface area (Å²) in [6.07, 6.45) is 1.65. The minimum absolute atomic E-state index is 0.297. The minimum atomic E-state index is -0.737. The van der Waals surface area contributed by atoms with Crippen LogP contribution in [0, 0.1) is 6.92 Å². The van der Waals surface area contributed by atoms with Gasteiger partial charge in [0.15, 0.2) is 5.76 Å². The third kappa shape index (κ3) is 4.49. The van der Waals surface area contributed by atoms with Gasteiger partial charge in [0.1, 0.15) is 24.1 Å². The molecule has 2 heterocycles. The number of benzene rings is 2. The van der Waals surface area contributed by atoms with Crippen LogP contribution in [0.4, 0.5) is 0 Å². The first-order valence-corrected chi connectivity index (χ1v) is 9.80. The van der Waals surface area contributed by atoms with Crippen molar-refractivity contribution in [2.75, 3.05) is 6.54 Å². The molecule has 0 aliphatic carbocycles. The SMILES string of the molecule is Cc1ccccc1-c1cc(COc2ccc(CN3CCC[C@H]3C(=O)O)cc2)on1. The van der Waals surface area contributed by atoms with Gasteiger partial charge in [0, 0.05) is 18.2 Å². The van der Waals surface area contributed by atoms with Gasteiger partial charge in [-0.3, -0.25) is 9.69 Å². The van der Waals surface area contributed by atoms with Crippen LogP contribution in [-0.4, -0.2) is 33.7 Å². The average Bonchev–Trinajstić information content (AvgIpc) is 3.37. The average molecular weight is 392 g/mol. The Morgan fingerprint density at radius 2 is 2.03 bits per heavy atom. The lowest BCUT2D eigenvalue weighted by Crippen LogP contribution is -2.35. The summed E-state index contributed by atoms with van der Waals surface area (Å²) in [4.78, 5) is 13.3. The van der Waals surface area contributed by atoms with Gasteiger partial charge >= 0.3 is 5.97 Å². The van der Waals surface area contributed by atoms with Crippen molar-refractivity contribution in [2.45, 2.75) is 39.0 Å². The molecule has 1 aliphatic rings. The summed E-state index contributed by atoms with van der Waals surface area (Å²) in [6, 6.07) is 17.3. The van der Waals surface area contributed by atoms with Gasteiger partial charge in [0.25, 0.3) is 0 Å². The predicted octanol–water partition coefficient (Wildman–Crippen LogP) is 4.28. The van der Waals surface area contributed by atoms with Crippen molar-refractivity contribution in [1.82, 2.24) is 10.1 Å².